The summed E-state index contributed by atoms with van der Waals surface area (Å²) in [5, 5.41) is 0. The van der Waals surface area contributed by atoms with Crippen LogP contribution in [0.2, 0.25) is 0 Å². The monoisotopic (exact) mass is 270 g/mol. The van der Waals surface area contributed by atoms with E-state index in [1.165, 1.54) is 0 Å². The molecule has 0 spiro atoms. The van der Waals surface area contributed by atoms with E-state index in [1.807, 2.05) is 0 Å². The Labute approximate surface area is 97.3 Å². The highest BCUT2D eigenvalue weighted by Gasteiger charge is 2.28. The van der Waals surface area contributed by atoms with Crippen molar-refractivity contribution < 1.29 is 31.5 Å². The number of ether oxygens (including phenoxy) is 1. The molecule has 1 rings (SSSR count). The molecule has 9 heteroatoms. The fraction of sp³-hybridized carbons (Fsp3) is 0.222. The zero-order chi connectivity index (χ0) is 14.0. The van der Waals surface area contributed by atoms with Crippen molar-refractivity contribution in [1.82, 2.24) is 0 Å². The van der Waals surface area contributed by atoms with Crippen LogP contribution in [-0.2, 0) is 4.79 Å². The van der Waals surface area contributed by atoms with Gasteiger partial charge in [0, 0.05) is 0 Å². The minimum atomic E-state index is -2.35. The van der Waals surface area contributed by atoms with E-state index < -0.39 is 53.4 Å². The third-order valence-electron chi connectivity index (χ3n) is 1.79. The second kappa shape index (κ2) is 5.27. The van der Waals surface area contributed by atoms with Crippen molar-refractivity contribution in [2.75, 3.05) is 0 Å². The third-order valence-corrected chi connectivity index (χ3v) is 1.79. The van der Waals surface area contributed by atoms with Gasteiger partial charge in [0.15, 0.2) is 0 Å². The zero-order valence-corrected chi connectivity index (χ0v) is 8.65. The van der Waals surface area contributed by atoms with Gasteiger partial charge in [0.05, 0.1) is 12.6 Å². The van der Waals surface area contributed by atoms with Crippen molar-refractivity contribution in [1.29, 1.82) is 0 Å². The quantitative estimate of drug-likeness (QED) is 0.214. The summed E-state index contributed by atoms with van der Waals surface area (Å²) < 4.78 is 68.2. The van der Waals surface area contributed by atoms with Crippen LogP contribution in [0.25, 0.3) is 0 Å². The van der Waals surface area contributed by atoms with Crippen LogP contribution in [0, 0.1) is 29.1 Å². The van der Waals surface area contributed by atoms with Crippen LogP contribution in [0.1, 0.15) is 6.42 Å². The molecule has 0 aromatic heterocycles. The molecule has 1 aromatic carbocycles. The molecule has 0 heterocycles. The number of hydrogen-bond donors (Lipinski definition) is 2. The summed E-state index contributed by atoms with van der Waals surface area (Å²) in [6, 6.07) is 0. The van der Waals surface area contributed by atoms with Crippen molar-refractivity contribution >= 4 is 5.97 Å². The molecule has 4 nitrogen and oxygen atoms in total. The van der Waals surface area contributed by atoms with Gasteiger partial charge >= 0.3 is 5.97 Å². The van der Waals surface area contributed by atoms with Crippen molar-refractivity contribution in [3.8, 4) is 5.75 Å². The molecule has 0 bridgehead atoms. The van der Waals surface area contributed by atoms with Crippen LogP contribution in [0.15, 0.2) is 0 Å². The molecule has 0 radical (unpaired) electrons. The highest BCUT2D eigenvalue weighted by molar-refractivity contribution is 5.73. The molecule has 0 saturated heterocycles. The van der Waals surface area contributed by atoms with Gasteiger partial charge in [0.1, 0.15) is 0 Å². The van der Waals surface area contributed by atoms with Gasteiger partial charge in [-0.2, -0.15) is 8.78 Å². The van der Waals surface area contributed by atoms with Crippen molar-refractivity contribution in [2.24, 2.45) is 11.5 Å². The smallest absolute Gasteiger partial charge is 0.314 e. The Morgan fingerprint density at radius 2 is 1.33 bits per heavy atom. The summed E-state index contributed by atoms with van der Waals surface area (Å²) in [6.07, 6.45) is -1.83. The van der Waals surface area contributed by atoms with Crippen LogP contribution < -0.4 is 16.2 Å². The van der Waals surface area contributed by atoms with E-state index in [4.69, 9.17) is 11.5 Å². The number of esters is 1. The lowest BCUT2D eigenvalue weighted by atomic mass is 10.2. The standard InChI is InChI=1S/C9H7F5N2O2/c10-4-5(11)7(13)9(8(14)6(4)12)18-3(17)1-2(15)16/h2H,1,15-16H2. The van der Waals surface area contributed by atoms with Crippen LogP contribution in [0.3, 0.4) is 0 Å². The fourth-order valence-electron chi connectivity index (χ4n) is 1.02. The number of nitrogens with two attached hydrogens (primary N) is 2. The van der Waals surface area contributed by atoms with E-state index >= 15 is 0 Å². The van der Waals surface area contributed by atoms with E-state index in [-0.39, 0.29) is 0 Å². The number of carbonyl (C=O) groups excluding carboxylic acids is 1. The molecule has 1 aromatic rings. The maximum Gasteiger partial charge on any atom is 0.314 e. The minimum Gasteiger partial charge on any atom is -0.420 e. The summed E-state index contributed by atoms with van der Waals surface area (Å²) >= 11 is 0. The Hall–Kier alpha value is -1.74. The van der Waals surface area contributed by atoms with E-state index in [0.29, 0.717) is 0 Å². The van der Waals surface area contributed by atoms with Crippen molar-refractivity contribution in [2.45, 2.75) is 12.6 Å². The normalized spacial score (nSPS) is 10.9. The van der Waals surface area contributed by atoms with Gasteiger partial charge < -0.3 is 16.2 Å². The summed E-state index contributed by atoms with van der Waals surface area (Å²) in [6.45, 7) is 0. The molecule has 4 N–H and O–H groups in total. The van der Waals surface area contributed by atoms with Crippen LogP contribution in [-0.4, -0.2) is 12.1 Å². The average molecular weight is 270 g/mol. The van der Waals surface area contributed by atoms with Crippen LogP contribution in [0.4, 0.5) is 22.0 Å². The number of rotatable bonds is 3. The lowest BCUT2D eigenvalue weighted by Gasteiger charge is -2.09. The molecule has 100 valence electrons. The van der Waals surface area contributed by atoms with E-state index in [0.717, 1.165) is 0 Å². The maximum atomic E-state index is 13.0. The molecule has 0 aliphatic rings. The molecule has 0 unspecified atom stereocenters. The summed E-state index contributed by atoms with van der Waals surface area (Å²) in [5.41, 5.74) is 9.98. The Balaban J connectivity index is 3.14. The van der Waals surface area contributed by atoms with E-state index in [1.54, 1.807) is 0 Å². The third kappa shape index (κ3) is 2.74. The number of benzene rings is 1. The predicted molar refractivity (Wildman–Crippen MR) is 48.6 cm³/mol. The largest absolute Gasteiger partial charge is 0.420 e. The molecule has 0 aliphatic heterocycles. The first-order valence-corrected chi connectivity index (χ1v) is 4.49. The Bertz CT molecular complexity index is 463. The molecular formula is C9H7F5N2O2. The zero-order valence-electron chi connectivity index (χ0n) is 8.65. The second-order valence-corrected chi connectivity index (χ2v) is 3.24. The fourth-order valence-corrected chi connectivity index (χ4v) is 1.02. The molecule has 0 fully saturated rings. The summed E-state index contributed by atoms with van der Waals surface area (Å²) in [5.74, 6) is -14.3. The van der Waals surface area contributed by atoms with Gasteiger partial charge in [0.25, 0.3) is 0 Å². The van der Waals surface area contributed by atoms with Crippen LogP contribution >= 0.6 is 0 Å². The van der Waals surface area contributed by atoms with Gasteiger partial charge in [-0.25, -0.2) is 13.2 Å². The van der Waals surface area contributed by atoms with Crippen molar-refractivity contribution in [3.05, 3.63) is 29.1 Å². The molecule has 0 aliphatic carbocycles. The molecular weight excluding hydrogens is 263 g/mol. The lowest BCUT2D eigenvalue weighted by Crippen LogP contribution is -2.34. The average Bonchev–Trinajstić information content (AvgIpc) is 2.29. The van der Waals surface area contributed by atoms with Gasteiger partial charge in [-0.3, -0.25) is 4.79 Å². The van der Waals surface area contributed by atoms with Gasteiger partial charge in [-0.1, -0.05) is 0 Å². The molecule has 0 amide bonds. The highest BCUT2D eigenvalue weighted by atomic mass is 19.2. The molecule has 0 atom stereocenters. The van der Waals surface area contributed by atoms with Gasteiger partial charge in [-0.15, -0.1) is 0 Å². The Morgan fingerprint density at radius 3 is 1.72 bits per heavy atom. The first-order chi connectivity index (χ1) is 8.25. The summed E-state index contributed by atoms with van der Waals surface area (Å²) in [4.78, 5) is 11.0. The Kier molecular flexibility index (Phi) is 4.19. The highest BCUT2D eigenvalue weighted by Crippen LogP contribution is 2.29. The topological polar surface area (TPSA) is 78.3 Å². The van der Waals surface area contributed by atoms with Crippen LogP contribution in [0.5, 0.6) is 5.75 Å². The number of carbonyl (C=O) groups is 1. The van der Waals surface area contributed by atoms with Gasteiger partial charge in [-0.05, 0) is 0 Å². The van der Waals surface area contributed by atoms with E-state index in [2.05, 4.69) is 4.74 Å². The lowest BCUT2D eigenvalue weighted by molar-refractivity contribution is -0.135. The molecule has 18 heavy (non-hydrogen) atoms. The van der Waals surface area contributed by atoms with Gasteiger partial charge in [0.2, 0.25) is 34.8 Å². The second-order valence-electron chi connectivity index (χ2n) is 3.24. The van der Waals surface area contributed by atoms with E-state index in [9.17, 15) is 26.7 Å². The number of halogens is 5. The summed E-state index contributed by atoms with van der Waals surface area (Å²) in [7, 11) is 0. The first kappa shape index (κ1) is 14.3. The predicted octanol–water partition coefficient (Wildman–Crippen LogP) is 0.921. The Morgan fingerprint density at radius 1 is 0.944 bits per heavy atom. The van der Waals surface area contributed by atoms with Crippen molar-refractivity contribution in [3.63, 3.8) is 0 Å². The SMILES string of the molecule is NC(N)CC(=O)Oc1c(F)c(F)c(F)c(F)c1F. The maximum absolute atomic E-state index is 13.0. The first-order valence-electron chi connectivity index (χ1n) is 4.49. The minimum absolute atomic E-state index is 0.653. The molecule has 0 saturated carbocycles. The number of hydrogen-bond acceptors (Lipinski definition) is 4.